The molecule has 1 heterocycles. The van der Waals surface area contributed by atoms with Crippen LogP contribution in [0.4, 0.5) is 0 Å². The zero-order valence-electron chi connectivity index (χ0n) is 14.0. The number of aliphatic hydroxyl groups is 1. The van der Waals surface area contributed by atoms with E-state index in [1.165, 1.54) is 57.9 Å². The topological polar surface area (TPSA) is 35.5 Å². The summed E-state index contributed by atoms with van der Waals surface area (Å²) >= 11 is 0. The normalized spacial score (nSPS) is 33.7. The van der Waals surface area contributed by atoms with Crippen molar-refractivity contribution in [3.63, 3.8) is 0 Å². The van der Waals surface area contributed by atoms with Gasteiger partial charge in [-0.25, -0.2) is 0 Å². The van der Waals surface area contributed by atoms with Gasteiger partial charge in [0.05, 0.1) is 12.1 Å². The van der Waals surface area contributed by atoms with E-state index in [1.54, 1.807) is 0 Å². The second kappa shape index (κ2) is 6.55. The smallest absolute Gasteiger partial charge is 0.0628 e. The van der Waals surface area contributed by atoms with E-state index in [0.717, 1.165) is 18.5 Å². The lowest BCUT2D eigenvalue weighted by molar-refractivity contribution is 0.0108. The molecular formula is C18H34N2O. The predicted molar refractivity (Wildman–Crippen MR) is 87.4 cm³/mol. The van der Waals surface area contributed by atoms with Crippen molar-refractivity contribution in [3.8, 4) is 0 Å². The molecule has 0 bridgehead atoms. The number of nitrogens with one attached hydrogen (secondary N) is 1. The molecule has 3 nitrogen and oxygen atoms in total. The quantitative estimate of drug-likeness (QED) is 0.791. The van der Waals surface area contributed by atoms with Gasteiger partial charge in [0.2, 0.25) is 0 Å². The maximum atomic E-state index is 10.2. The monoisotopic (exact) mass is 294 g/mol. The molecule has 21 heavy (non-hydrogen) atoms. The van der Waals surface area contributed by atoms with Crippen LogP contribution in [0, 0.1) is 11.8 Å². The third-order valence-corrected chi connectivity index (χ3v) is 6.06. The Balaban J connectivity index is 1.71. The van der Waals surface area contributed by atoms with E-state index in [4.69, 9.17) is 0 Å². The summed E-state index contributed by atoms with van der Waals surface area (Å²) in [6.07, 6.45) is 11.1. The summed E-state index contributed by atoms with van der Waals surface area (Å²) in [4.78, 5) is 2.75. The first-order valence-electron chi connectivity index (χ1n) is 9.27. The van der Waals surface area contributed by atoms with Crippen LogP contribution in [0.1, 0.15) is 65.2 Å². The average molecular weight is 294 g/mol. The van der Waals surface area contributed by atoms with Crippen molar-refractivity contribution < 1.29 is 5.11 Å². The number of likely N-dealkylation sites (tertiary alicyclic amines) is 1. The van der Waals surface area contributed by atoms with Gasteiger partial charge in [-0.05, 0) is 56.9 Å². The van der Waals surface area contributed by atoms with Crippen LogP contribution in [-0.4, -0.2) is 47.3 Å². The van der Waals surface area contributed by atoms with E-state index in [-0.39, 0.29) is 5.54 Å². The molecule has 0 spiro atoms. The Hall–Kier alpha value is -0.120. The lowest BCUT2D eigenvalue weighted by Gasteiger charge is -2.48. The zero-order chi connectivity index (χ0) is 14.9. The van der Waals surface area contributed by atoms with Gasteiger partial charge in [-0.1, -0.05) is 26.7 Å². The Morgan fingerprint density at radius 2 is 1.81 bits per heavy atom. The van der Waals surface area contributed by atoms with Gasteiger partial charge in [0.1, 0.15) is 0 Å². The fraction of sp³-hybridized carbons (Fsp3) is 1.00. The summed E-state index contributed by atoms with van der Waals surface area (Å²) in [7, 11) is 0. The van der Waals surface area contributed by atoms with Crippen molar-refractivity contribution in [1.29, 1.82) is 0 Å². The van der Waals surface area contributed by atoms with Crippen LogP contribution < -0.4 is 5.32 Å². The first kappa shape index (κ1) is 15.8. The van der Waals surface area contributed by atoms with Crippen LogP contribution in [0.2, 0.25) is 0 Å². The van der Waals surface area contributed by atoms with Gasteiger partial charge in [0, 0.05) is 18.6 Å². The summed E-state index contributed by atoms with van der Waals surface area (Å²) in [6.45, 7) is 7.03. The standard InChI is InChI=1S/C18H34N2O/c1-14(2)19-18(13-21,16-9-10-16)12-20-11-5-7-15-6-3-4-8-17(15)20/h14-17,19,21H,3-13H2,1-2H3/t15-,17-,18?/m1/s1. The Bertz CT molecular complexity index is 340. The van der Waals surface area contributed by atoms with Crippen molar-refractivity contribution in [2.75, 3.05) is 19.7 Å². The van der Waals surface area contributed by atoms with E-state index in [0.29, 0.717) is 18.6 Å². The van der Waals surface area contributed by atoms with Crippen LogP contribution in [0.3, 0.4) is 0 Å². The summed E-state index contributed by atoms with van der Waals surface area (Å²) < 4.78 is 0. The number of hydrogen-bond acceptors (Lipinski definition) is 3. The van der Waals surface area contributed by atoms with Gasteiger partial charge in [0.25, 0.3) is 0 Å². The molecule has 1 saturated heterocycles. The SMILES string of the molecule is CC(C)NC(CO)(CN1CCC[C@H]2CCCC[C@H]21)C1CC1. The third-order valence-electron chi connectivity index (χ3n) is 6.06. The highest BCUT2D eigenvalue weighted by molar-refractivity contribution is 5.05. The van der Waals surface area contributed by atoms with Crippen LogP contribution in [0.25, 0.3) is 0 Å². The Morgan fingerprint density at radius 3 is 2.48 bits per heavy atom. The predicted octanol–water partition coefficient (Wildman–Crippen LogP) is 2.78. The first-order chi connectivity index (χ1) is 10.1. The molecular weight excluding hydrogens is 260 g/mol. The van der Waals surface area contributed by atoms with E-state index in [2.05, 4.69) is 24.1 Å². The van der Waals surface area contributed by atoms with Gasteiger partial charge in [-0.2, -0.15) is 0 Å². The van der Waals surface area contributed by atoms with Gasteiger partial charge < -0.3 is 10.4 Å². The molecule has 0 aromatic rings. The molecule has 2 N–H and O–H groups in total. The second-order valence-electron chi connectivity index (χ2n) is 8.11. The largest absolute Gasteiger partial charge is 0.394 e. The van der Waals surface area contributed by atoms with Crippen LogP contribution in [0.5, 0.6) is 0 Å². The second-order valence-corrected chi connectivity index (χ2v) is 8.11. The van der Waals surface area contributed by atoms with Gasteiger partial charge >= 0.3 is 0 Å². The van der Waals surface area contributed by atoms with Gasteiger partial charge in [-0.15, -0.1) is 0 Å². The van der Waals surface area contributed by atoms with Crippen molar-refractivity contribution in [2.45, 2.75) is 82.8 Å². The average Bonchev–Trinajstić information content (AvgIpc) is 3.31. The van der Waals surface area contributed by atoms with E-state index in [1.807, 2.05) is 0 Å². The molecule has 2 saturated carbocycles. The lowest BCUT2D eigenvalue weighted by atomic mass is 9.77. The minimum Gasteiger partial charge on any atom is -0.394 e. The molecule has 0 radical (unpaired) electrons. The molecule has 3 rings (SSSR count). The number of nitrogens with zero attached hydrogens (tertiary/aromatic N) is 1. The number of rotatable bonds is 6. The Kier molecular flexibility index (Phi) is 4.92. The highest BCUT2D eigenvalue weighted by Gasteiger charge is 2.47. The van der Waals surface area contributed by atoms with E-state index >= 15 is 0 Å². The van der Waals surface area contributed by atoms with Gasteiger partial charge in [0.15, 0.2) is 0 Å². The number of aliphatic hydroxyl groups excluding tert-OH is 1. The number of piperidine rings is 1. The fourth-order valence-corrected chi connectivity index (χ4v) is 5.01. The maximum absolute atomic E-state index is 10.2. The zero-order valence-corrected chi connectivity index (χ0v) is 14.0. The highest BCUT2D eigenvalue weighted by atomic mass is 16.3. The Labute approximate surface area is 130 Å². The first-order valence-corrected chi connectivity index (χ1v) is 9.27. The maximum Gasteiger partial charge on any atom is 0.0628 e. The number of hydrogen-bond donors (Lipinski definition) is 2. The lowest BCUT2D eigenvalue weighted by Crippen LogP contribution is -2.62. The highest BCUT2D eigenvalue weighted by Crippen LogP contribution is 2.42. The Morgan fingerprint density at radius 1 is 1.10 bits per heavy atom. The molecule has 0 aromatic carbocycles. The molecule has 122 valence electrons. The molecule has 3 atom stereocenters. The fourth-order valence-electron chi connectivity index (χ4n) is 5.01. The molecule has 3 heteroatoms. The van der Waals surface area contributed by atoms with E-state index < -0.39 is 0 Å². The van der Waals surface area contributed by atoms with Gasteiger partial charge in [-0.3, -0.25) is 4.90 Å². The molecule has 1 unspecified atom stereocenters. The van der Waals surface area contributed by atoms with Crippen molar-refractivity contribution in [3.05, 3.63) is 0 Å². The van der Waals surface area contributed by atoms with Crippen LogP contribution >= 0.6 is 0 Å². The molecule has 0 amide bonds. The molecule has 0 aromatic heterocycles. The van der Waals surface area contributed by atoms with Crippen LogP contribution in [0.15, 0.2) is 0 Å². The third kappa shape index (κ3) is 3.46. The van der Waals surface area contributed by atoms with Crippen molar-refractivity contribution in [1.82, 2.24) is 10.2 Å². The minimum absolute atomic E-state index is 0.0481. The van der Waals surface area contributed by atoms with Crippen molar-refractivity contribution in [2.24, 2.45) is 11.8 Å². The summed E-state index contributed by atoms with van der Waals surface area (Å²) in [6, 6.07) is 1.25. The molecule has 2 aliphatic carbocycles. The van der Waals surface area contributed by atoms with E-state index in [9.17, 15) is 5.11 Å². The van der Waals surface area contributed by atoms with Crippen molar-refractivity contribution >= 4 is 0 Å². The summed E-state index contributed by atoms with van der Waals surface area (Å²) in [5.41, 5.74) is -0.0481. The van der Waals surface area contributed by atoms with Crippen LogP contribution in [-0.2, 0) is 0 Å². The molecule has 1 aliphatic heterocycles. The minimum atomic E-state index is -0.0481. The summed E-state index contributed by atoms with van der Waals surface area (Å²) in [5.74, 6) is 1.62. The molecule has 3 aliphatic rings. The molecule has 3 fully saturated rings. The number of fused-ring (bicyclic) bond motifs is 1. The summed E-state index contributed by atoms with van der Waals surface area (Å²) in [5, 5.41) is 13.9.